The molecule has 1 unspecified atom stereocenters. The highest BCUT2D eigenvalue weighted by molar-refractivity contribution is 7.96. The van der Waals surface area contributed by atoms with Gasteiger partial charge in [-0.3, -0.25) is 9.59 Å². The zero-order chi connectivity index (χ0) is 10.9. The number of carbonyl (C=O) groups excluding carboxylic acids is 3. The van der Waals surface area contributed by atoms with E-state index in [1.807, 2.05) is 13.8 Å². The number of imide groups is 1. The summed E-state index contributed by atoms with van der Waals surface area (Å²) in [6.45, 7) is 3.67. The van der Waals surface area contributed by atoms with Crippen LogP contribution < -0.4 is 0 Å². The number of rotatable bonds is 2. The van der Waals surface area contributed by atoms with Crippen molar-refractivity contribution in [3.63, 3.8) is 0 Å². The summed E-state index contributed by atoms with van der Waals surface area (Å²) in [5.74, 6) is -1.30. The van der Waals surface area contributed by atoms with Crippen molar-refractivity contribution in [3.8, 4) is 0 Å². The zero-order valence-corrected chi connectivity index (χ0v) is 8.78. The molecule has 0 aromatic carbocycles. The first-order chi connectivity index (χ1) is 6.43. The quantitative estimate of drug-likeness (QED) is 0.553. The van der Waals surface area contributed by atoms with E-state index in [1.165, 1.54) is 0 Å². The molecule has 1 fully saturated rings. The van der Waals surface area contributed by atoms with Crippen molar-refractivity contribution in [2.24, 2.45) is 11.8 Å². The molecule has 1 atom stereocenters. The molecule has 0 aromatic rings. The smallest absolute Gasteiger partial charge is 0.319 e. The second kappa shape index (κ2) is 4.00. The van der Waals surface area contributed by atoms with Crippen molar-refractivity contribution in [1.82, 2.24) is 5.06 Å². The van der Waals surface area contributed by atoms with E-state index >= 15 is 0 Å². The first kappa shape index (κ1) is 11.0. The van der Waals surface area contributed by atoms with Crippen molar-refractivity contribution in [2.45, 2.75) is 20.3 Å². The highest BCUT2D eigenvalue weighted by Gasteiger charge is 2.42. The maximum atomic E-state index is 11.5. The van der Waals surface area contributed by atoms with Gasteiger partial charge in [0.25, 0.3) is 11.8 Å². The van der Waals surface area contributed by atoms with Crippen LogP contribution >= 0.6 is 12.6 Å². The Kier molecular flexibility index (Phi) is 3.15. The third kappa shape index (κ3) is 2.06. The summed E-state index contributed by atoms with van der Waals surface area (Å²) in [5.41, 5.74) is 0. The summed E-state index contributed by atoms with van der Waals surface area (Å²) in [6.07, 6.45) is 0.0948. The van der Waals surface area contributed by atoms with E-state index in [9.17, 15) is 14.4 Å². The van der Waals surface area contributed by atoms with E-state index in [0.29, 0.717) is 5.06 Å². The van der Waals surface area contributed by atoms with Crippen LogP contribution in [-0.4, -0.2) is 22.2 Å². The molecular weight excluding hydrogens is 206 g/mol. The Balaban J connectivity index is 2.75. The maximum Gasteiger partial charge on any atom is 0.389 e. The molecule has 0 aromatic heterocycles. The van der Waals surface area contributed by atoms with Crippen LogP contribution in [0.25, 0.3) is 0 Å². The van der Waals surface area contributed by atoms with Crippen LogP contribution in [0, 0.1) is 11.8 Å². The number of thiol groups is 1. The van der Waals surface area contributed by atoms with Gasteiger partial charge in [0.15, 0.2) is 0 Å². The Labute approximate surface area is 86.8 Å². The van der Waals surface area contributed by atoms with Crippen LogP contribution in [0.3, 0.4) is 0 Å². The van der Waals surface area contributed by atoms with Gasteiger partial charge in [-0.15, -0.1) is 5.06 Å². The standard InChI is InChI=1S/C8H11NO4S/c1-4(2)5-3-6(10)9(7(5)11)13-8(12)14/h4-5H,3H2,1-2H3,(H,12,14). The minimum Gasteiger partial charge on any atom is -0.319 e. The van der Waals surface area contributed by atoms with Gasteiger partial charge in [0, 0.05) is 6.42 Å². The molecule has 78 valence electrons. The summed E-state index contributed by atoms with van der Waals surface area (Å²) in [6, 6.07) is 0. The van der Waals surface area contributed by atoms with Gasteiger partial charge in [0.1, 0.15) is 0 Å². The van der Waals surface area contributed by atoms with E-state index in [-0.39, 0.29) is 12.3 Å². The van der Waals surface area contributed by atoms with Crippen molar-refractivity contribution >= 4 is 29.7 Å². The van der Waals surface area contributed by atoms with Crippen molar-refractivity contribution in [2.75, 3.05) is 0 Å². The van der Waals surface area contributed by atoms with Crippen molar-refractivity contribution in [1.29, 1.82) is 0 Å². The minimum atomic E-state index is -0.962. The molecular formula is C8H11NO4S. The summed E-state index contributed by atoms with van der Waals surface area (Å²) in [4.78, 5) is 37.6. The number of hydrogen-bond acceptors (Lipinski definition) is 4. The van der Waals surface area contributed by atoms with Gasteiger partial charge >= 0.3 is 5.30 Å². The Morgan fingerprint density at radius 3 is 2.50 bits per heavy atom. The molecule has 1 aliphatic rings. The molecule has 14 heavy (non-hydrogen) atoms. The highest BCUT2D eigenvalue weighted by atomic mass is 32.1. The van der Waals surface area contributed by atoms with Crippen LogP contribution in [-0.2, 0) is 14.4 Å². The summed E-state index contributed by atoms with van der Waals surface area (Å²) < 4.78 is 0. The normalized spacial score (nSPS) is 22.0. The monoisotopic (exact) mass is 217 g/mol. The van der Waals surface area contributed by atoms with Crippen LogP contribution in [0.4, 0.5) is 4.79 Å². The molecule has 0 N–H and O–H groups in total. The fraction of sp³-hybridized carbons (Fsp3) is 0.625. The molecule has 6 heteroatoms. The lowest BCUT2D eigenvalue weighted by Crippen LogP contribution is -2.32. The van der Waals surface area contributed by atoms with Gasteiger partial charge in [-0.25, -0.2) is 4.79 Å². The first-order valence-electron chi connectivity index (χ1n) is 4.21. The molecule has 1 heterocycles. The number of hydrogen-bond donors (Lipinski definition) is 1. The molecule has 2 amide bonds. The Morgan fingerprint density at radius 2 is 2.14 bits per heavy atom. The lowest BCUT2D eigenvalue weighted by Gasteiger charge is -2.13. The average Bonchev–Trinajstić information content (AvgIpc) is 2.31. The number of amides is 2. The zero-order valence-electron chi connectivity index (χ0n) is 7.89. The van der Waals surface area contributed by atoms with E-state index in [1.54, 1.807) is 0 Å². The molecule has 0 saturated carbocycles. The van der Waals surface area contributed by atoms with E-state index in [2.05, 4.69) is 17.5 Å². The Morgan fingerprint density at radius 1 is 1.57 bits per heavy atom. The second-order valence-corrected chi connectivity index (χ2v) is 3.80. The summed E-state index contributed by atoms with van der Waals surface area (Å²) in [5, 5.41) is -0.462. The van der Waals surface area contributed by atoms with Crippen LogP contribution in [0.1, 0.15) is 20.3 Å². The van der Waals surface area contributed by atoms with Gasteiger partial charge in [-0.2, -0.15) is 0 Å². The van der Waals surface area contributed by atoms with E-state index < -0.39 is 23.0 Å². The molecule has 0 bridgehead atoms. The number of nitrogens with zero attached hydrogens (tertiary/aromatic N) is 1. The predicted molar refractivity (Wildman–Crippen MR) is 50.3 cm³/mol. The highest BCUT2D eigenvalue weighted by Crippen LogP contribution is 2.26. The first-order valence-corrected chi connectivity index (χ1v) is 4.66. The third-order valence-corrected chi connectivity index (χ3v) is 2.19. The molecule has 1 rings (SSSR count). The number of carbonyl (C=O) groups is 3. The summed E-state index contributed by atoms with van der Waals surface area (Å²) in [7, 11) is 0. The van der Waals surface area contributed by atoms with E-state index in [4.69, 9.17) is 0 Å². The predicted octanol–water partition coefficient (Wildman–Crippen LogP) is 0.999. The van der Waals surface area contributed by atoms with Gasteiger partial charge in [0.2, 0.25) is 0 Å². The fourth-order valence-electron chi connectivity index (χ4n) is 1.33. The van der Waals surface area contributed by atoms with Crippen molar-refractivity contribution < 1.29 is 19.2 Å². The van der Waals surface area contributed by atoms with Gasteiger partial charge < -0.3 is 4.84 Å². The second-order valence-electron chi connectivity index (χ2n) is 3.44. The van der Waals surface area contributed by atoms with E-state index in [0.717, 1.165) is 0 Å². The largest absolute Gasteiger partial charge is 0.389 e. The van der Waals surface area contributed by atoms with Crippen molar-refractivity contribution in [3.05, 3.63) is 0 Å². The van der Waals surface area contributed by atoms with Crippen LogP contribution in [0.2, 0.25) is 0 Å². The van der Waals surface area contributed by atoms with Crippen LogP contribution in [0.5, 0.6) is 0 Å². The third-order valence-electron chi connectivity index (χ3n) is 2.11. The fourth-order valence-corrected chi connectivity index (χ4v) is 1.41. The van der Waals surface area contributed by atoms with Gasteiger partial charge in [0.05, 0.1) is 5.92 Å². The maximum absolute atomic E-state index is 11.5. The summed E-state index contributed by atoms with van der Waals surface area (Å²) >= 11 is 3.33. The molecule has 0 radical (unpaired) electrons. The molecule has 1 saturated heterocycles. The molecule has 0 aliphatic carbocycles. The number of hydroxylamine groups is 2. The topological polar surface area (TPSA) is 63.7 Å². The lowest BCUT2D eigenvalue weighted by molar-refractivity contribution is -0.170. The SMILES string of the molecule is CC(C)C1CC(=O)N(OC(=O)S)C1=O. The molecule has 0 spiro atoms. The molecule has 5 nitrogen and oxygen atoms in total. The average molecular weight is 217 g/mol. The minimum absolute atomic E-state index is 0.0510. The van der Waals surface area contributed by atoms with Gasteiger partial charge in [-0.05, 0) is 5.92 Å². The van der Waals surface area contributed by atoms with Crippen LogP contribution in [0.15, 0.2) is 0 Å². The van der Waals surface area contributed by atoms with Gasteiger partial charge in [-0.1, -0.05) is 26.5 Å². The Hall–Kier alpha value is -1.04. The lowest BCUT2D eigenvalue weighted by atomic mass is 9.95. The Bertz CT molecular complexity index is 289. The molecule has 1 aliphatic heterocycles.